The fourth-order valence-electron chi connectivity index (χ4n) is 2.19. The highest BCUT2D eigenvalue weighted by molar-refractivity contribution is 8.14. The van der Waals surface area contributed by atoms with Crippen LogP contribution in [0, 0.1) is 0 Å². The molecule has 1 amide bonds. The maximum absolute atomic E-state index is 11.9. The van der Waals surface area contributed by atoms with Gasteiger partial charge < -0.3 is 9.32 Å². The van der Waals surface area contributed by atoms with Crippen molar-refractivity contribution in [3.05, 3.63) is 24.6 Å². The van der Waals surface area contributed by atoms with E-state index in [-0.39, 0.29) is 18.9 Å². The summed E-state index contributed by atoms with van der Waals surface area (Å²) in [5.74, 6) is -0.287. The Morgan fingerprint density at radius 2 is 2.21 bits per heavy atom. The van der Waals surface area contributed by atoms with Crippen LogP contribution < -0.4 is 4.90 Å². The van der Waals surface area contributed by atoms with Gasteiger partial charge in [-0.1, -0.05) is 6.07 Å². The Balaban J connectivity index is 2.04. The number of fused-ring (bicyclic) bond motifs is 1. The van der Waals surface area contributed by atoms with Crippen LogP contribution in [0.3, 0.4) is 0 Å². The number of hydrogen-bond acceptors (Lipinski definition) is 5. The number of carbonyl (C=O) groups excluding carboxylic acids is 1. The van der Waals surface area contributed by atoms with Crippen LogP contribution >= 0.6 is 10.7 Å². The van der Waals surface area contributed by atoms with Gasteiger partial charge in [0.2, 0.25) is 15.0 Å². The van der Waals surface area contributed by atoms with Gasteiger partial charge in [-0.2, -0.15) is 0 Å². The number of hydrogen-bond donors (Lipinski definition) is 0. The fraction of sp³-hybridized carbons (Fsp3) is 0.273. The molecule has 6 nitrogen and oxygen atoms in total. The Hall–Kier alpha value is -1.60. The van der Waals surface area contributed by atoms with E-state index in [0.29, 0.717) is 16.8 Å². The van der Waals surface area contributed by atoms with Gasteiger partial charge in [-0.15, -0.1) is 0 Å². The zero-order valence-electron chi connectivity index (χ0n) is 9.61. The second-order valence-corrected chi connectivity index (χ2v) is 7.19. The van der Waals surface area contributed by atoms with Crippen LogP contribution in [-0.4, -0.2) is 31.1 Å². The molecule has 0 aliphatic carbocycles. The molecule has 100 valence electrons. The third kappa shape index (κ3) is 2.08. The number of amides is 1. The van der Waals surface area contributed by atoms with Gasteiger partial charge in [0, 0.05) is 23.6 Å². The summed E-state index contributed by atoms with van der Waals surface area (Å²) < 4.78 is 27.8. The number of oxazole rings is 1. The fourth-order valence-corrected chi connectivity index (χ4v) is 3.21. The van der Waals surface area contributed by atoms with E-state index in [1.165, 1.54) is 11.3 Å². The van der Waals surface area contributed by atoms with Gasteiger partial charge in [-0.3, -0.25) is 4.79 Å². The average Bonchev–Trinajstić information content (AvgIpc) is 2.93. The largest absolute Gasteiger partial charge is 0.443 e. The molecule has 2 heterocycles. The van der Waals surface area contributed by atoms with E-state index >= 15 is 0 Å². The lowest BCUT2D eigenvalue weighted by Gasteiger charge is -2.16. The summed E-state index contributed by atoms with van der Waals surface area (Å²) in [5, 5.41) is -0.885. The third-order valence-electron chi connectivity index (χ3n) is 3.12. The topological polar surface area (TPSA) is 80.5 Å². The van der Waals surface area contributed by atoms with Gasteiger partial charge in [-0.25, -0.2) is 13.4 Å². The Morgan fingerprint density at radius 1 is 1.42 bits per heavy atom. The number of halogens is 1. The first-order valence-corrected chi connectivity index (χ1v) is 7.90. The molecule has 1 fully saturated rings. The third-order valence-corrected chi connectivity index (χ3v) is 4.99. The molecule has 0 spiro atoms. The van der Waals surface area contributed by atoms with Crippen molar-refractivity contribution in [2.45, 2.75) is 11.7 Å². The summed E-state index contributed by atoms with van der Waals surface area (Å²) in [7, 11) is 1.56. The van der Waals surface area contributed by atoms with Crippen LogP contribution in [0.5, 0.6) is 0 Å². The highest BCUT2D eigenvalue weighted by atomic mass is 35.7. The zero-order chi connectivity index (χ0) is 13.6. The number of carbonyl (C=O) groups is 1. The predicted octanol–water partition coefficient (Wildman–Crippen LogP) is 1.50. The molecule has 1 aromatic heterocycles. The van der Waals surface area contributed by atoms with E-state index in [2.05, 4.69) is 4.98 Å². The van der Waals surface area contributed by atoms with Crippen LogP contribution in [-0.2, 0) is 13.8 Å². The van der Waals surface area contributed by atoms with E-state index in [4.69, 9.17) is 15.1 Å². The van der Waals surface area contributed by atoms with Gasteiger partial charge in [0.1, 0.15) is 10.8 Å². The van der Waals surface area contributed by atoms with Crippen molar-refractivity contribution in [1.82, 2.24) is 4.98 Å². The Labute approximate surface area is 113 Å². The normalized spacial score (nSPS) is 20.4. The first-order valence-electron chi connectivity index (χ1n) is 5.53. The molecule has 0 radical (unpaired) electrons. The maximum Gasteiger partial charge on any atom is 0.237 e. The minimum absolute atomic E-state index is 0.0383. The summed E-state index contributed by atoms with van der Waals surface area (Å²) in [4.78, 5) is 17.4. The second kappa shape index (κ2) is 4.21. The van der Waals surface area contributed by atoms with E-state index in [1.54, 1.807) is 18.2 Å². The van der Waals surface area contributed by atoms with Crippen molar-refractivity contribution in [1.29, 1.82) is 0 Å². The molecule has 2 aromatic rings. The zero-order valence-corrected chi connectivity index (χ0v) is 11.2. The summed E-state index contributed by atoms with van der Waals surface area (Å²) in [6, 6.07) is 5.15. The van der Waals surface area contributed by atoms with E-state index < -0.39 is 14.3 Å². The SMILES string of the molecule is O=C1CC(S(=O)(=O)Cl)CN1c1cccc2ocnc12. The van der Waals surface area contributed by atoms with Gasteiger partial charge in [-0.05, 0) is 12.1 Å². The smallest absolute Gasteiger partial charge is 0.237 e. The van der Waals surface area contributed by atoms with E-state index in [0.717, 1.165) is 0 Å². The van der Waals surface area contributed by atoms with Gasteiger partial charge in [0.05, 0.1) is 5.69 Å². The minimum Gasteiger partial charge on any atom is -0.443 e. The molecule has 1 aliphatic heterocycles. The molecule has 0 N–H and O–H groups in total. The molecule has 3 rings (SSSR count). The Morgan fingerprint density at radius 3 is 2.89 bits per heavy atom. The van der Waals surface area contributed by atoms with Crippen molar-refractivity contribution >= 4 is 42.4 Å². The number of para-hydroxylation sites is 1. The minimum atomic E-state index is -3.75. The number of anilines is 1. The summed E-state index contributed by atoms with van der Waals surface area (Å²) in [5.41, 5.74) is 1.62. The lowest BCUT2D eigenvalue weighted by molar-refractivity contribution is -0.117. The van der Waals surface area contributed by atoms with Crippen molar-refractivity contribution < 1.29 is 17.6 Å². The molecule has 19 heavy (non-hydrogen) atoms. The molecule has 0 saturated carbocycles. The number of rotatable bonds is 2. The first-order chi connectivity index (χ1) is 8.97. The van der Waals surface area contributed by atoms with Crippen molar-refractivity contribution in [3.8, 4) is 0 Å². The van der Waals surface area contributed by atoms with Crippen molar-refractivity contribution in [2.24, 2.45) is 0 Å². The molecule has 1 aliphatic rings. The van der Waals surface area contributed by atoms with Crippen molar-refractivity contribution in [3.63, 3.8) is 0 Å². The molecule has 0 bridgehead atoms. The van der Waals surface area contributed by atoms with Crippen LogP contribution in [0.1, 0.15) is 6.42 Å². The van der Waals surface area contributed by atoms with Gasteiger partial charge >= 0.3 is 0 Å². The molecule has 8 heteroatoms. The standard InChI is InChI=1S/C11H9ClN2O4S/c12-19(16,17)7-4-10(15)14(5-7)8-2-1-3-9-11(8)13-6-18-9/h1-3,6-7H,4-5H2. The molecule has 1 saturated heterocycles. The van der Waals surface area contributed by atoms with Crippen molar-refractivity contribution in [2.75, 3.05) is 11.4 Å². The quantitative estimate of drug-likeness (QED) is 0.785. The maximum atomic E-state index is 11.9. The van der Waals surface area contributed by atoms with Crippen LogP contribution in [0.2, 0.25) is 0 Å². The lowest BCUT2D eigenvalue weighted by Crippen LogP contribution is -2.26. The lowest BCUT2D eigenvalue weighted by atomic mass is 10.2. The van der Waals surface area contributed by atoms with Crippen LogP contribution in [0.4, 0.5) is 5.69 Å². The predicted molar refractivity (Wildman–Crippen MR) is 69.5 cm³/mol. The highest BCUT2D eigenvalue weighted by Crippen LogP contribution is 2.31. The van der Waals surface area contributed by atoms with E-state index in [9.17, 15) is 13.2 Å². The summed E-state index contributed by atoms with van der Waals surface area (Å²) in [6.45, 7) is 0.0383. The molecular weight excluding hydrogens is 292 g/mol. The number of aromatic nitrogens is 1. The number of benzene rings is 1. The Kier molecular flexibility index (Phi) is 2.75. The molecule has 1 unspecified atom stereocenters. The summed E-state index contributed by atoms with van der Waals surface area (Å²) >= 11 is 0. The van der Waals surface area contributed by atoms with Gasteiger partial charge in [0.25, 0.3) is 0 Å². The number of nitrogens with zero attached hydrogens (tertiary/aromatic N) is 2. The monoisotopic (exact) mass is 300 g/mol. The van der Waals surface area contributed by atoms with E-state index in [1.807, 2.05) is 0 Å². The second-order valence-electron chi connectivity index (χ2n) is 4.28. The van der Waals surface area contributed by atoms with Crippen LogP contribution in [0.15, 0.2) is 29.0 Å². The highest BCUT2D eigenvalue weighted by Gasteiger charge is 2.38. The molecule has 1 aromatic carbocycles. The average molecular weight is 301 g/mol. The van der Waals surface area contributed by atoms with Crippen LogP contribution in [0.25, 0.3) is 11.1 Å². The first kappa shape index (κ1) is 12.4. The molecule has 1 atom stereocenters. The summed E-state index contributed by atoms with van der Waals surface area (Å²) in [6.07, 6.45) is 1.17. The van der Waals surface area contributed by atoms with Gasteiger partial charge in [0.15, 0.2) is 12.0 Å². The Bertz CT molecular complexity index is 755. The molecular formula is C11H9ClN2O4S.